The first kappa shape index (κ1) is 28.3. The molecule has 1 heterocycles. The number of nitrogens with one attached hydrogen (secondary N) is 1. The lowest BCUT2D eigenvalue weighted by molar-refractivity contribution is -0.142. The van der Waals surface area contributed by atoms with Crippen molar-refractivity contribution in [3.8, 4) is 5.75 Å². The molecule has 0 unspecified atom stereocenters. The van der Waals surface area contributed by atoms with Gasteiger partial charge in [0.05, 0.1) is 23.1 Å². The number of carbonyl (C=O) groups is 3. The molecule has 0 spiro atoms. The zero-order valence-electron chi connectivity index (χ0n) is 20.2. The van der Waals surface area contributed by atoms with E-state index in [9.17, 15) is 27.6 Å². The highest BCUT2D eigenvalue weighted by Gasteiger charge is 2.43. The van der Waals surface area contributed by atoms with Crippen molar-refractivity contribution in [3.05, 3.63) is 63.7 Å². The lowest BCUT2D eigenvalue weighted by Crippen LogP contribution is -2.53. The minimum absolute atomic E-state index is 0.161. The van der Waals surface area contributed by atoms with Crippen LogP contribution in [0.3, 0.4) is 0 Å². The standard InChI is InChI=1S/C25H28ClF3N4O4/c1-15-16(3-2-4-19(15)26)13-32-23(36)24(7-9-33(10-8-24)21(34)12-30)14-37-20-11-17(25(27,28)29)5-6-18(20)22(31)35/h2-6,11H,7-10,12-14,30H2,1H3,(H2,31,35)(H,32,36). The molecule has 0 radical (unpaired) electrons. The van der Waals surface area contributed by atoms with Gasteiger partial charge < -0.3 is 26.4 Å². The maximum Gasteiger partial charge on any atom is 0.416 e. The first-order valence-electron chi connectivity index (χ1n) is 11.5. The highest BCUT2D eigenvalue weighted by atomic mass is 35.5. The van der Waals surface area contributed by atoms with E-state index >= 15 is 0 Å². The number of halogens is 4. The van der Waals surface area contributed by atoms with E-state index in [0.29, 0.717) is 11.1 Å². The Kier molecular flexibility index (Phi) is 8.70. The highest BCUT2D eigenvalue weighted by Crippen LogP contribution is 2.36. The van der Waals surface area contributed by atoms with E-state index in [2.05, 4.69) is 5.32 Å². The van der Waals surface area contributed by atoms with Crippen molar-refractivity contribution in [1.29, 1.82) is 0 Å². The molecular formula is C25H28ClF3N4O4. The van der Waals surface area contributed by atoms with Crippen molar-refractivity contribution in [3.63, 3.8) is 0 Å². The number of primary amides is 1. The number of amides is 3. The summed E-state index contributed by atoms with van der Waals surface area (Å²) in [6.07, 6.45) is -4.33. The number of carbonyl (C=O) groups excluding carboxylic acids is 3. The zero-order chi connectivity index (χ0) is 27.4. The second kappa shape index (κ2) is 11.4. The molecule has 8 nitrogen and oxygen atoms in total. The quantitative estimate of drug-likeness (QED) is 0.474. The molecule has 3 amide bonds. The molecule has 0 aliphatic carbocycles. The molecule has 200 valence electrons. The van der Waals surface area contributed by atoms with Crippen molar-refractivity contribution < 1.29 is 32.3 Å². The van der Waals surface area contributed by atoms with E-state index in [0.717, 1.165) is 23.3 Å². The third-order valence-corrected chi connectivity index (χ3v) is 7.04. The maximum atomic E-state index is 13.5. The number of nitrogens with zero attached hydrogens (tertiary/aromatic N) is 1. The fraction of sp³-hybridized carbons (Fsp3) is 0.400. The number of nitrogens with two attached hydrogens (primary N) is 2. The number of rotatable bonds is 8. The third-order valence-electron chi connectivity index (χ3n) is 6.63. The van der Waals surface area contributed by atoms with Crippen molar-refractivity contribution in [2.24, 2.45) is 16.9 Å². The van der Waals surface area contributed by atoms with Gasteiger partial charge in [0, 0.05) is 24.7 Å². The van der Waals surface area contributed by atoms with Crippen LogP contribution in [0.2, 0.25) is 5.02 Å². The van der Waals surface area contributed by atoms with Gasteiger partial charge in [-0.15, -0.1) is 0 Å². The van der Waals surface area contributed by atoms with E-state index in [1.807, 2.05) is 13.0 Å². The van der Waals surface area contributed by atoms with E-state index in [1.54, 1.807) is 12.1 Å². The Morgan fingerprint density at radius 2 is 1.84 bits per heavy atom. The Morgan fingerprint density at radius 1 is 1.16 bits per heavy atom. The fourth-order valence-electron chi connectivity index (χ4n) is 4.19. The molecule has 2 aromatic rings. The van der Waals surface area contributed by atoms with Crippen molar-refractivity contribution in [2.45, 2.75) is 32.5 Å². The molecule has 1 aliphatic heterocycles. The molecule has 1 fully saturated rings. The van der Waals surface area contributed by atoms with Crippen LogP contribution >= 0.6 is 11.6 Å². The predicted molar refractivity (Wildman–Crippen MR) is 131 cm³/mol. The summed E-state index contributed by atoms with van der Waals surface area (Å²) in [5.41, 5.74) is 9.92. The van der Waals surface area contributed by atoms with Gasteiger partial charge in [-0.3, -0.25) is 14.4 Å². The molecule has 37 heavy (non-hydrogen) atoms. The van der Waals surface area contributed by atoms with Gasteiger partial charge in [0.1, 0.15) is 12.4 Å². The van der Waals surface area contributed by atoms with Crippen LogP contribution in [0.25, 0.3) is 0 Å². The topological polar surface area (TPSA) is 128 Å². The average molecular weight is 541 g/mol. The summed E-state index contributed by atoms with van der Waals surface area (Å²) in [7, 11) is 0. The minimum Gasteiger partial charge on any atom is -0.492 e. The van der Waals surface area contributed by atoms with Crippen LogP contribution < -0.4 is 21.5 Å². The summed E-state index contributed by atoms with van der Waals surface area (Å²) in [6, 6.07) is 7.67. The summed E-state index contributed by atoms with van der Waals surface area (Å²) in [5, 5.41) is 3.41. The normalized spacial score (nSPS) is 15.2. The monoisotopic (exact) mass is 540 g/mol. The third kappa shape index (κ3) is 6.53. The van der Waals surface area contributed by atoms with Gasteiger partial charge in [0.2, 0.25) is 11.8 Å². The van der Waals surface area contributed by atoms with Gasteiger partial charge >= 0.3 is 6.18 Å². The highest BCUT2D eigenvalue weighted by molar-refractivity contribution is 6.31. The molecule has 0 aromatic heterocycles. The van der Waals surface area contributed by atoms with Gasteiger partial charge in [-0.25, -0.2) is 0 Å². The summed E-state index contributed by atoms with van der Waals surface area (Å²) < 4.78 is 45.5. The molecule has 12 heteroatoms. The van der Waals surface area contributed by atoms with Gasteiger partial charge in [-0.1, -0.05) is 23.7 Å². The number of piperidine rings is 1. The smallest absolute Gasteiger partial charge is 0.416 e. The molecule has 0 atom stereocenters. The van der Waals surface area contributed by atoms with Crippen molar-refractivity contribution in [2.75, 3.05) is 26.2 Å². The first-order valence-corrected chi connectivity index (χ1v) is 11.9. The van der Waals surface area contributed by atoms with Gasteiger partial charge in [0.15, 0.2) is 0 Å². The van der Waals surface area contributed by atoms with E-state index in [4.69, 9.17) is 27.8 Å². The molecule has 5 N–H and O–H groups in total. The Labute approximate surface area is 217 Å². The molecule has 1 aliphatic rings. The number of ether oxygens (including phenoxy) is 1. The second-order valence-electron chi connectivity index (χ2n) is 8.93. The largest absolute Gasteiger partial charge is 0.492 e. The maximum absolute atomic E-state index is 13.5. The number of likely N-dealkylation sites (tertiary alicyclic amines) is 1. The molecule has 1 saturated heterocycles. The molecule has 3 rings (SSSR count). The number of hydrogen-bond donors (Lipinski definition) is 3. The second-order valence-corrected chi connectivity index (χ2v) is 9.34. The molecule has 2 aromatic carbocycles. The molecule has 0 bridgehead atoms. The van der Waals surface area contributed by atoms with Crippen LogP contribution in [0.1, 0.15) is 39.9 Å². The van der Waals surface area contributed by atoms with Gasteiger partial charge in [-0.05, 0) is 55.2 Å². The lowest BCUT2D eigenvalue weighted by Gasteiger charge is -2.40. The number of hydrogen-bond acceptors (Lipinski definition) is 5. The number of alkyl halides is 3. The SMILES string of the molecule is Cc1c(Cl)cccc1CNC(=O)C1(COc2cc(C(F)(F)F)ccc2C(N)=O)CCN(C(=O)CN)CC1. The zero-order valence-corrected chi connectivity index (χ0v) is 20.9. The minimum atomic E-state index is -4.67. The van der Waals surface area contributed by atoms with E-state index in [-0.39, 0.29) is 62.8 Å². The first-order chi connectivity index (χ1) is 17.4. The Hall–Kier alpha value is -3.31. The lowest BCUT2D eigenvalue weighted by atomic mass is 9.78. The molecular weight excluding hydrogens is 513 g/mol. The summed E-state index contributed by atoms with van der Waals surface area (Å²) in [5.74, 6) is -2.03. The van der Waals surface area contributed by atoms with Crippen LogP contribution in [-0.2, 0) is 22.3 Å². The summed E-state index contributed by atoms with van der Waals surface area (Å²) in [6.45, 7) is 1.87. The number of benzene rings is 2. The van der Waals surface area contributed by atoms with Crippen molar-refractivity contribution in [1.82, 2.24) is 10.2 Å². The van der Waals surface area contributed by atoms with Crippen LogP contribution in [0.15, 0.2) is 36.4 Å². The Balaban J connectivity index is 1.86. The fourth-order valence-corrected chi connectivity index (χ4v) is 4.39. The van der Waals surface area contributed by atoms with Crippen LogP contribution in [0.5, 0.6) is 5.75 Å². The van der Waals surface area contributed by atoms with E-state index < -0.39 is 29.0 Å². The Bertz CT molecular complexity index is 1180. The summed E-state index contributed by atoms with van der Waals surface area (Å²) >= 11 is 6.17. The van der Waals surface area contributed by atoms with E-state index in [1.165, 1.54) is 4.90 Å². The molecule has 0 saturated carbocycles. The van der Waals surface area contributed by atoms with Gasteiger partial charge in [0.25, 0.3) is 5.91 Å². The Morgan fingerprint density at radius 3 is 2.43 bits per heavy atom. The van der Waals surface area contributed by atoms with Crippen LogP contribution in [-0.4, -0.2) is 48.9 Å². The van der Waals surface area contributed by atoms with Crippen molar-refractivity contribution >= 4 is 29.3 Å². The predicted octanol–water partition coefficient (Wildman–Crippen LogP) is 3.03. The van der Waals surface area contributed by atoms with Crippen LogP contribution in [0.4, 0.5) is 13.2 Å². The summed E-state index contributed by atoms with van der Waals surface area (Å²) in [4.78, 5) is 38.9. The van der Waals surface area contributed by atoms with Gasteiger partial charge in [-0.2, -0.15) is 13.2 Å². The van der Waals surface area contributed by atoms with Crippen LogP contribution in [0, 0.1) is 12.3 Å². The average Bonchev–Trinajstić information content (AvgIpc) is 2.87.